The zero-order valence-corrected chi connectivity index (χ0v) is 8.82. The first-order valence-corrected chi connectivity index (χ1v) is 6.56. The van der Waals surface area contributed by atoms with Crippen LogP contribution in [0.15, 0.2) is 0 Å². The molecule has 2 rings (SSSR count). The van der Waals surface area contributed by atoms with E-state index >= 15 is 0 Å². The molecule has 78 valence electrons. The third-order valence-corrected chi connectivity index (χ3v) is 3.16. The highest BCUT2D eigenvalue weighted by molar-refractivity contribution is 7.90. The van der Waals surface area contributed by atoms with Crippen molar-refractivity contribution in [1.29, 1.82) is 0 Å². The Balaban J connectivity index is 2.05. The predicted octanol–water partition coefficient (Wildman–Crippen LogP) is -0.400. The normalized spacial score (nSPS) is 15.8. The lowest BCUT2D eigenvalue weighted by Gasteiger charge is -1.96. The molecule has 2 heterocycles. The van der Waals surface area contributed by atoms with Crippen LogP contribution in [-0.4, -0.2) is 30.4 Å². The fraction of sp³-hybridized carbons (Fsp3) is 0.625. The van der Waals surface area contributed by atoms with Crippen molar-refractivity contribution >= 4 is 9.84 Å². The zero-order chi connectivity index (χ0) is 10.2. The number of aromatic amines is 1. The van der Waals surface area contributed by atoms with Crippen molar-refractivity contribution in [2.75, 3.05) is 12.0 Å². The molecule has 6 heteroatoms. The number of imidazole rings is 1. The predicted molar refractivity (Wildman–Crippen MR) is 52.5 cm³/mol. The van der Waals surface area contributed by atoms with Gasteiger partial charge in [-0.15, -0.1) is 0 Å². The molecule has 0 radical (unpaired) electrons. The molecule has 0 saturated heterocycles. The number of aromatic nitrogens is 2. The van der Waals surface area contributed by atoms with Crippen LogP contribution in [0, 0.1) is 0 Å². The van der Waals surface area contributed by atoms with Gasteiger partial charge in [0.1, 0.15) is 15.7 Å². The molecule has 0 aliphatic carbocycles. The monoisotopic (exact) mass is 215 g/mol. The van der Waals surface area contributed by atoms with Crippen LogP contribution in [0.5, 0.6) is 0 Å². The van der Waals surface area contributed by atoms with Crippen molar-refractivity contribution in [3.05, 3.63) is 17.2 Å². The van der Waals surface area contributed by atoms with E-state index in [1.165, 1.54) is 6.26 Å². The van der Waals surface area contributed by atoms with E-state index in [0.29, 0.717) is 6.42 Å². The van der Waals surface area contributed by atoms with Gasteiger partial charge in [-0.3, -0.25) is 0 Å². The molecule has 0 bridgehead atoms. The van der Waals surface area contributed by atoms with Crippen molar-refractivity contribution in [3.8, 4) is 0 Å². The second-order valence-electron chi connectivity index (χ2n) is 3.59. The fourth-order valence-corrected chi connectivity index (χ4v) is 2.07. The number of hydrogen-bond donors (Lipinski definition) is 2. The lowest BCUT2D eigenvalue weighted by Crippen LogP contribution is -2.08. The maximum atomic E-state index is 10.9. The molecule has 1 aliphatic rings. The molecular weight excluding hydrogens is 202 g/mol. The summed E-state index contributed by atoms with van der Waals surface area (Å²) >= 11 is 0. The molecule has 0 amide bonds. The minimum absolute atomic E-state index is 0.160. The third kappa shape index (κ3) is 2.13. The van der Waals surface area contributed by atoms with E-state index in [9.17, 15) is 8.42 Å². The summed E-state index contributed by atoms with van der Waals surface area (Å²) in [5.41, 5.74) is 2.11. The van der Waals surface area contributed by atoms with E-state index in [4.69, 9.17) is 0 Å². The van der Waals surface area contributed by atoms with Gasteiger partial charge in [0.25, 0.3) is 0 Å². The van der Waals surface area contributed by atoms with Gasteiger partial charge in [0, 0.05) is 25.8 Å². The van der Waals surface area contributed by atoms with Crippen molar-refractivity contribution in [2.45, 2.75) is 19.5 Å². The molecular formula is C8H13N3O2S. The standard InChI is InChI=1S/C8H13N3O2S/c1-14(12,13)3-2-8-10-6-4-9-5-7(6)11-8/h9H,2-5H2,1H3,(H,10,11). The van der Waals surface area contributed by atoms with E-state index in [1.807, 2.05) is 0 Å². The molecule has 0 aromatic carbocycles. The second-order valence-corrected chi connectivity index (χ2v) is 5.85. The summed E-state index contributed by atoms with van der Waals surface area (Å²) < 4.78 is 21.9. The van der Waals surface area contributed by atoms with Crippen LogP contribution >= 0.6 is 0 Å². The molecule has 1 aromatic heterocycles. The summed E-state index contributed by atoms with van der Waals surface area (Å²) in [4.78, 5) is 7.44. The maximum absolute atomic E-state index is 10.9. The van der Waals surface area contributed by atoms with Crippen LogP contribution in [-0.2, 0) is 29.3 Å². The number of nitrogens with one attached hydrogen (secondary N) is 2. The Labute approximate surface area is 82.9 Å². The highest BCUT2D eigenvalue weighted by atomic mass is 32.2. The van der Waals surface area contributed by atoms with Gasteiger partial charge in [0.05, 0.1) is 17.1 Å². The molecule has 0 spiro atoms. The van der Waals surface area contributed by atoms with Gasteiger partial charge in [-0.1, -0.05) is 0 Å². The highest BCUT2D eigenvalue weighted by Gasteiger charge is 2.15. The van der Waals surface area contributed by atoms with E-state index in [-0.39, 0.29) is 5.75 Å². The van der Waals surface area contributed by atoms with Crippen LogP contribution in [0.4, 0.5) is 0 Å². The summed E-state index contributed by atoms with van der Waals surface area (Å²) in [6.07, 6.45) is 1.72. The number of sulfone groups is 1. The fourth-order valence-electron chi connectivity index (χ4n) is 1.50. The number of rotatable bonds is 3. The second kappa shape index (κ2) is 3.36. The first-order chi connectivity index (χ1) is 6.54. The van der Waals surface area contributed by atoms with Gasteiger partial charge in [-0.25, -0.2) is 13.4 Å². The van der Waals surface area contributed by atoms with Gasteiger partial charge in [-0.05, 0) is 0 Å². The lowest BCUT2D eigenvalue weighted by atomic mass is 10.4. The van der Waals surface area contributed by atoms with E-state index < -0.39 is 9.84 Å². The Morgan fingerprint density at radius 3 is 2.86 bits per heavy atom. The Hall–Kier alpha value is -0.880. The Morgan fingerprint density at radius 2 is 2.21 bits per heavy atom. The molecule has 0 unspecified atom stereocenters. The van der Waals surface area contributed by atoms with Gasteiger partial charge in [-0.2, -0.15) is 0 Å². The molecule has 1 aliphatic heterocycles. The summed E-state index contributed by atoms with van der Waals surface area (Å²) in [5, 5.41) is 3.16. The summed E-state index contributed by atoms with van der Waals surface area (Å²) in [7, 11) is -2.89. The Morgan fingerprint density at radius 1 is 1.43 bits per heavy atom. The van der Waals surface area contributed by atoms with Crippen LogP contribution in [0.2, 0.25) is 0 Å². The van der Waals surface area contributed by atoms with Gasteiger partial charge < -0.3 is 10.3 Å². The number of fused-ring (bicyclic) bond motifs is 1. The smallest absolute Gasteiger partial charge is 0.147 e. The first-order valence-electron chi connectivity index (χ1n) is 4.50. The Kier molecular flexibility index (Phi) is 2.32. The third-order valence-electron chi connectivity index (χ3n) is 2.22. The van der Waals surface area contributed by atoms with Crippen molar-refractivity contribution in [3.63, 3.8) is 0 Å². The van der Waals surface area contributed by atoms with Crippen molar-refractivity contribution in [1.82, 2.24) is 15.3 Å². The molecule has 0 atom stereocenters. The largest absolute Gasteiger partial charge is 0.345 e. The van der Waals surface area contributed by atoms with E-state index in [1.54, 1.807) is 0 Å². The van der Waals surface area contributed by atoms with Crippen LogP contribution in [0.3, 0.4) is 0 Å². The molecule has 0 saturated carbocycles. The zero-order valence-electron chi connectivity index (χ0n) is 8.00. The SMILES string of the molecule is CS(=O)(=O)CCc1nc2c([nH]1)CNC2. The van der Waals surface area contributed by atoms with Crippen molar-refractivity contribution < 1.29 is 8.42 Å². The molecule has 14 heavy (non-hydrogen) atoms. The number of H-pyrrole nitrogens is 1. The van der Waals surface area contributed by atoms with Gasteiger partial charge in [0.15, 0.2) is 0 Å². The number of hydrogen-bond acceptors (Lipinski definition) is 4. The van der Waals surface area contributed by atoms with Crippen molar-refractivity contribution in [2.24, 2.45) is 0 Å². The minimum atomic E-state index is -2.89. The molecule has 0 fully saturated rings. The molecule has 2 N–H and O–H groups in total. The topological polar surface area (TPSA) is 74.8 Å². The average molecular weight is 215 g/mol. The number of nitrogens with zero attached hydrogens (tertiary/aromatic N) is 1. The maximum Gasteiger partial charge on any atom is 0.147 e. The summed E-state index contributed by atoms with van der Waals surface area (Å²) in [6.45, 7) is 1.59. The minimum Gasteiger partial charge on any atom is -0.345 e. The molecule has 1 aromatic rings. The van der Waals surface area contributed by atoms with Crippen LogP contribution in [0.1, 0.15) is 17.2 Å². The summed E-state index contributed by atoms with van der Waals surface area (Å²) in [5.74, 6) is 0.939. The van der Waals surface area contributed by atoms with Gasteiger partial charge in [0.2, 0.25) is 0 Å². The molecule has 5 nitrogen and oxygen atoms in total. The van der Waals surface area contributed by atoms with Crippen LogP contribution < -0.4 is 5.32 Å². The quantitative estimate of drug-likeness (QED) is 0.719. The average Bonchev–Trinajstić information content (AvgIpc) is 2.56. The lowest BCUT2D eigenvalue weighted by molar-refractivity contribution is 0.600. The first kappa shape index (κ1) is 9.67. The summed E-state index contributed by atoms with van der Waals surface area (Å²) in [6, 6.07) is 0. The van der Waals surface area contributed by atoms with E-state index in [0.717, 1.165) is 30.3 Å². The van der Waals surface area contributed by atoms with E-state index in [2.05, 4.69) is 15.3 Å². The van der Waals surface area contributed by atoms with Crippen LogP contribution in [0.25, 0.3) is 0 Å². The Bertz CT molecular complexity index is 414. The highest BCUT2D eigenvalue weighted by Crippen LogP contribution is 2.12. The number of aryl methyl sites for hydroxylation is 1. The van der Waals surface area contributed by atoms with Gasteiger partial charge >= 0.3 is 0 Å².